The number of nitrogens with one attached hydrogen (secondary N) is 1. The summed E-state index contributed by atoms with van der Waals surface area (Å²) in [5.41, 5.74) is -0.0579. The first-order valence-electron chi connectivity index (χ1n) is 10.6. The highest BCUT2D eigenvalue weighted by atomic mass is 19.4. The Balaban J connectivity index is 1.74. The molecule has 1 aliphatic heterocycles. The van der Waals surface area contributed by atoms with Gasteiger partial charge in [-0.05, 0) is 54.3 Å². The van der Waals surface area contributed by atoms with Crippen LogP contribution in [0.25, 0.3) is 0 Å². The Morgan fingerprint density at radius 1 is 0.971 bits per heavy atom. The van der Waals surface area contributed by atoms with Crippen LogP contribution in [0.1, 0.15) is 57.1 Å². The minimum Gasteiger partial charge on any atom is -0.385 e. The summed E-state index contributed by atoms with van der Waals surface area (Å²) >= 11 is 0. The molecule has 0 bridgehead atoms. The van der Waals surface area contributed by atoms with Gasteiger partial charge in [-0.1, -0.05) is 24.3 Å². The van der Waals surface area contributed by atoms with Crippen molar-refractivity contribution in [1.82, 2.24) is 4.98 Å². The van der Waals surface area contributed by atoms with E-state index in [1.54, 1.807) is 12.1 Å². The van der Waals surface area contributed by atoms with Gasteiger partial charge in [-0.2, -0.15) is 26.3 Å². The maximum absolute atomic E-state index is 13.7. The third kappa shape index (κ3) is 5.08. The van der Waals surface area contributed by atoms with E-state index in [0.717, 1.165) is 67.0 Å². The summed E-state index contributed by atoms with van der Waals surface area (Å²) < 4.78 is 80.2. The number of benzene rings is 2. The molecule has 1 N–H and O–H groups in total. The number of Topliss-reactive ketones (excluding diaryl/α,β-unsaturated/α-hetero) is 1. The topological polar surface area (TPSA) is 42.0 Å². The number of rotatable bonds is 5. The highest BCUT2D eigenvalue weighted by Gasteiger charge is 2.37. The van der Waals surface area contributed by atoms with Crippen molar-refractivity contribution in [2.24, 2.45) is 0 Å². The molecular formula is C25H20F6N2O. The number of alkyl halides is 6. The van der Waals surface area contributed by atoms with Crippen LogP contribution in [0.3, 0.4) is 0 Å². The molecule has 1 atom stereocenters. The molecule has 3 nitrogen and oxygen atoms in total. The van der Waals surface area contributed by atoms with Gasteiger partial charge in [0.2, 0.25) is 0 Å². The first-order valence-corrected chi connectivity index (χ1v) is 10.6. The number of aromatic nitrogens is 1. The second-order valence-electron chi connectivity index (χ2n) is 8.14. The van der Waals surface area contributed by atoms with E-state index >= 15 is 0 Å². The van der Waals surface area contributed by atoms with Crippen molar-refractivity contribution < 1.29 is 31.1 Å². The summed E-state index contributed by atoms with van der Waals surface area (Å²) in [6.45, 7) is 0.752. The largest absolute Gasteiger partial charge is 0.418 e. The van der Waals surface area contributed by atoms with E-state index in [-0.39, 0.29) is 12.0 Å². The van der Waals surface area contributed by atoms with Crippen molar-refractivity contribution in [3.63, 3.8) is 0 Å². The minimum absolute atomic E-state index is 0.140. The van der Waals surface area contributed by atoms with Crippen LogP contribution in [0.2, 0.25) is 0 Å². The van der Waals surface area contributed by atoms with E-state index in [1.807, 2.05) is 6.07 Å². The van der Waals surface area contributed by atoms with Crippen molar-refractivity contribution in [2.75, 3.05) is 11.9 Å². The number of nitrogens with zero attached hydrogens (tertiary/aromatic N) is 1. The van der Waals surface area contributed by atoms with Crippen molar-refractivity contribution >= 4 is 11.5 Å². The van der Waals surface area contributed by atoms with Gasteiger partial charge in [0.05, 0.1) is 16.8 Å². The van der Waals surface area contributed by atoms with Crippen LogP contribution in [0.5, 0.6) is 0 Å². The first-order chi connectivity index (χ1) is 16.0. The molecular weight excluding hydrogens is 458 g/mol. The molecule has 178 valence electrons. The average Bonchev–Trinajstić information content (AvgIpc) is 2.81. The molecule has 0 unspecified atom stereocenters. The number of anilines is 1. The fourth-order valence-electron chi connectivity index (χ4n) is 4.15. The van der Waals surface area contributed by atoms with Gasteiger partial charge in [-0.3, -0.25) is 9.78 Å². The van der Waals surface area contributed by atoms with Crippen LogP contribution < -0.4 is 5.32 Å². The van der Waals surface area contributed by atoms with Crippen LogP contribution in [-0.4, -0.2) is 17.3 Å². The van der Waals surface area contributed by atoms with Crippen LogP contribution in [0, 0.1) is 0 Å². The molecule has 2 heterocycles. The lowest BCUT2D eigenvalue weighted by molar-refractivity contribution is -0.139. The SMILES string of the molecule is O=C(C[C@@H](c1ccc(C(F)(F)F)cc1)c1ncccc1C(F)(F)F)c1ccc2c(c1)NCCC2. The number of pyridine rings is 1. The number of aryl methyl sites for hydroxylation is 1. The van der Waals surface area contributed by atoms with E-state index in [9.17, 15) is 31.1 Å². The van der Waals surface area contributed by atoms with Gasteiger partial charge in [0.1, 0.15) is 0 Å². The maximum Gasteiger partial charge on any atom is 0.418 e. The molecule has 0 saturated heterocycles. The molecule has 0 amide bonds. The highest BCUT2D eigenvalue weighted by Crippen LogP contribution is 2.39. The van der Waals surface area contributed by atoms with Gasteiger partial charge < -0.3 is 5.32 Å². The number of carbonyl (C=O) groups is 1. The third-order valence-corrected chi connectivity index (χ3v) is 5.87. The second kappa shape index (κ2) is 9.12. The summed E-state index contributed by atoms with van der Waals surface area (Å²) in [7, 11) is 0. The van der Waals surface area contributed by atoms with Gasteiger partial charge in [-0.25, -0.2) is 0 Å². The van der Waals surface area contributed by atoms with Gasteiger partial charge in [0.25, 0.3) is 0 Å². The Bertz CT molecular complexity index is 1190. The smallest absolute Gasteiger partial charge is 0.385 e. The summed E-state index contributed by atoms with van der Waals surface area (Å²) in [5.74, 6) is -1.62. The van der Waals surface area contributed by atoms with E-state index in [0.29, 0.717) is 5.56 Å². The Morgan fingerprint density at radius 2 is 1.71 bits per heavy atom. The molecule has 0 aliphatic carbocycles. The van der Waals surface area contributed by atoms with Crippen LogP contribution in [0.15, 0.2) is 60.8 Å². The normalized spacial score (nSPS) is 14.8. The standard InChI is InChI=1S/C25H20F6N2O/c26-24(27,28)18-9-7-15(8-10-18)19(23-20(25(29,30)31)4-2-12-33-23)14-22(34)17-6-5-16-3-1-11-32-21(16)13-17/h2,4-10,12-13,19,32H,1,3,11,14H2/t19-/m0/s1. The van der Waals surface area contributed by atoms with Crippen LogP contribution in [-0.2, 0) is 18.8 Å². The minimum atomic E-state index is -4.74. The third-order valence-electron chi connectivity index (χ3n) is 5.87. The molecule has 3 aromatic rings. The van der Waals surface area contributed by atoms with E-state index in [1.165, 1.54) is 6.20 Å². The van der Waals surface area contributed by atoms with Crippen molar-refractivity contribution in [3.05, 3.63) is 94.3 Å². The fourth-order valence-corrected chi connectivity index (χ4v) is 4.15. The fraction of sp³-hybridized carbons (Fsp3) is 0.280. The number of hydrogen-bond donors (Lipinski definition) is 1. The molecule has 1 aromatic heterocycles. The predicted octanol–water partition coefficient (Wildman–Crippen LogP) is 6.88. The van der Waals surface area contributed by atoms with Gasteiger partial charge in [0, 0.05) is 36.3 Å². The molecule has 4 rings (SSSR count). The molecule has 34 heavy (non-hydrogen) atoms. The van der Waals surface area contributed by atoms with Crippen molar-refractivity contribution in [2.45, 2.75) is 37.5 Å². The van der Waals surface area contributed by atoms with E-state index < -0.39 is 40.9 Å². The van der Waals surface area contributed by atoms with Crippen molar-refractivity contribution in [1.29, 1.82) is 0 Å². The quantitative estimate of drug-likeness (QED) is 0.321. The highest BCUT2D eigenvalue weighted by molar-refractivity contribution is 5.98. The molecule has 2 aromatic carbocycles. The number of fused-ring (bicyclic) bond motifs is 1. The maximum atomic E-state index is 13.7. The lowest BCUT2D eigenvalue weighted by Crippen LogP contribution is -2.18. The monoisotopic (exact) mass is 478 g/mol. The molecule has 9 heteroatoms. The van der Waals surface area contributed by atoms with Crippen LogP contribution in [0.4, 0.5) is 32.0 Å². The molecule has 0 fully saturated rings. The number of ketones is 1. The average molecular weight is 478 g/mol. The second-order valence-corrected chi connectivity index (χ2v) is 8.14. The Hall–Kier alpha value is -3.36. The molecule has 0 spiro atoms. The van der Waals surface area contributed by atoms with Crippen molar-refractivity contribution in [3.8, 4) is 0 Å². The molecule has 0 saturated carbocycles. The summed E-state index contributed by atoms with van der Waals surface area (Å²) in [6, 6.07) is 10.9. The zero-order valence-corrected chi connectivity index (χ0v) is 17.8. The lowest BCUT2D eigenvalue weighted by atomic mass is 9.85. The number of halogens is 6. The summed E-state index contributed by atoms with van der Waals surface area (Å²) in [6.07, 6.45) is -6.74. The zero-order valence-electron chi connectivity index (χ0n) is 17.8. The van der Waals surface area contributed by atoms with E-state index in [4.69, 9.17) is 0 Å². The summed E-state index contributed by atoms with van der Waals surface area (Å²) in [4.78, 5) is 17.1. The number of hydrogen-bond acceptors (Lipinski definition) is 3. The van der Waals surface area contributed by atoms with Gasteiger partial charge >= 0.3 is 12.4 Å². The van der Waals surface area contributed by atoms with Crippen LogP contribution >= 0.6 is 0 Å². The predicted molar refractivity (Wildman–Crippen MR) is 115 cm³/mol. The van der Waals surface area contributed by atoms with Gasteiger partial charge in [-0.15, -0.1) is 0 Å². The summed E-state index contributed by atoms with van der Waals surface area (Å²) in [5, 5.41) is 3.20. The molecule has 1 aliphatic rings. The number of carbonyl (C=O) groups excluding carboxylic acids is 1. The Labute approximate surface area is 191 Å². The Kier molecular flexibility index (Phi) is 6.38. The first kappa shape index (κ1) is 23.8. The lowest BCUT2D eigenvalue weighted by Gasteiger charge is -2.22. The van der Waals surface area contributed by atoms with Gasteiger partial charge in [0.15, 0.2) is 5.78 Å². The molecule has 0 radical (unpaired) electrons. The Morgan fingerprint density at radius 3 is 2.38 bits per heavy atom. The van der Waals surface area contributed by atoms with E-state index in [2.05, 4.69) is 10.3 Å². The zero-order chi connectivity index (χ0) is 24.5.